The number of nitrogens with zero attached hydrogens (tertiary/aromatic N) is 1. The van der Waals surface area contributed by atoms with Gasteiger partial charge in [0.25, 0.3) is 0 Å². The summed E-state index contributed by atoms with van der Waals surface area (Å²) < 4.78 is 82.0. The van der Waals surface area contributed by atoms with Gasteiger partial charge in [-0.05, 0) is 96.1 Å². The van der Waals surface area contributed by atoms with E-state index in [1.54, 1.807) is 53.7 Å². The van der Waals surface area contributed by atoms with E-state index in [9.17, 15) is 50.3 Å². The van der Waals surface area contributed by atoms with Gasteiger partial charge in [-0.15, -0.1) is 0 Å². The molecular weight excluding hydrogens is 1220 g/mol. The van der Waals surface area contributed by atoms with Crippen molar-refractivity contribution in [2.24, 2.45) is 46.8 Å². The van der Waals surface area contributed by atoms with Crippen molar-refractivity contribution >= 4 is 17.8 Å². The Bertz CT molecular complexity index is 2880. The number of ether oxygens (including phenoxy) is 13. The zero-order valence-corrected chi connectivity index (χ0v) is 55.9. The van der Waals surface area contributed by atoms with E-state index in [0.29, 0.717) is 17.6 Å². The summed E-state index contributed by atoms with van der Waals surface area (Å²) in [5, 5.41) is 83.6. The Hall–Kier alpha value is -4.33. The summed E-state index contributed by atoms with van der Waals surface area (Å²) >= 11 is 0. The maximum Gasteiger partial charge on any atom is 0.407 e. The number of carbonyl (C=O) groups excluding carboxylic acids is 3. The van der Waals surface area contributed by atoms with Gasteiger partial charge in [0, 0.05) is 74.2 Å². The second kappa shape index (κ2) is 28.3. The first-order valence-electron chi connectivity index (χ1n) is 33.2. The number of Topliss-reactive ketones (excluding diaryl/α,β-unsaturated/α-hetero) is 1. The van der Waals surface area contributed by atoms with Gasteiger partial charge in [0.2, 0.25) is 11.3 Å². The van der Waals surface area contributed by atoms with E-state index in [1.807, 2.05) is 32.9 Å². The average molecular weight is 1320 g/mol. The molecule has 6 heterocycles. The number of rotatable bonds is 14. The van der Waals surface area contributed by atoms with E-state index in [0.717, 1.165) is 12.7 Å². The fourth-order valence-electron chi connectivity index (χ4n) is 17.2. The number of nitrogens with one attached hydrogen (secondary N) is 1. The third kappa shape index (κ3) is 13.7. The average Bonchev–Trinajstić information content (AvgIpc) is 1.70. The highest BCUT2D eigenvalue weighted by molar-refractivity contribution is 6.26. The number of aliphatic hydroxyl groups is 6. The van der Waals surface area contributed by atoms with Crippen molar-refractivity contribution in [3.8, 4) is 0 Å². The lowest BCUT2D eigenvalue weighted by atomic mass is 9.49. The predicted molar refractivity (Wildman–Crippen MR) is 327 cm³/mol. The van der Waals surface area contributed by atoms with Crippen LogP contribution in [0.4, 0.5) is 4.79 Å². The van der Waals surface area contributed by atoms with E-state index in [1.165, 1.54) is 14.0 Å². The second-order valence-corrected chi connectivity index (χ2v) is 28.6. The molecule has 0 radical (unpaired) electrons. The number of methoxy groups -OCH3 is 2. The van der Waals surface area contributed by atoms with Crippen LogP contribution in [0.5, 0.6) is 0 Å². The standard InChI is InChI=1S/C67H100N2O24/c1-29-15-18-45(88-52-27-65(11,69(79)80)60(38(10)87-52)68-64(78)82-14)30(2)20-40-21-39(28-70)33(5)26-67(40)62(76)53(63(77)93-67)61(75)66(12)42(29)17-16-41-54(66)31(3)19-32(4)57(41)91-51-24-46(56(74)35(7)84-51)89-50-25-47(90-48-22-43(71)55(73)34(6)83-48)59(37(9)86-50)92-49-23-44(72)58(81-13)36(8)85-49/h15-17,20-21,31-38,40-52,54-60,70-75H,18-19,22-28H2,1-14H3,(H,68,78)/t31-,32-,33+,34-,35-,36-,37-,38+,40+,41-,42-,43+,44+,45-,46+,47+,48-,49+,50-,51-,52-,54+,55-,56-,57-,58-,59-,60-,65-,66+,67-/m0/s1. The maximum atomic E-state index is 15.7. The number of amides is 1. The quantitative estimate of drug-likeness (QED) is 0.0373. The monoisotopic (exact) mass is 1320 g/mol. The van der Waals surface area contributed by atoms with Crippen LogP contribution in [-0.2, 0) is 71.2 Å². The topological polar surface area (TPSA) is 348 Å². The van der Waals surface area contributed by atoms with Gasteiger partial charge >= 0.3 is 12.1 Å². The molecule has 7 N–H and O–H groups in total. The number of ketones is 1. The molecule has 93 heavy (non-hydrogen) atoms. The summed E-state index contributed by atoms with van der Waals surface area (Å²) in [7, 11) is 2.66. The summed E-state index contributed by atoms with van der Waals surface area (Å²) in [5.41, 5.74) is -3.49. The fourth-order valence-corrected chi connectivity index (χ4v) is 17.2. The van der Waals surface area contributed by atoms with Gasteiger partial charge in [-0.3, -0.25) is 14.9 Å². The van der Waals surface area contributed by atoms with Crippen LogP contribution in [0.15, 0.2) is 58.4 Å². The van der Waals surface area contributed by atoms with Gasteiger partial charge in [-0.1, -0.05) is 63.6 Å². The van der Waals surface area contributed by atoms with E-state index in [2.05, 4.69) is 25.2 Å². The summed E-state index contributed by atoms with van der Waals surface area (Å²) in [6.07, 6.45) is -8.05. The molecule has 522 valence electrons. The highest BCUT2D eigenvalue weighted by Gasteiger charge is 2.64. The largest absolute Gasteiger partial charge is 0.511 e. The Morgan fingerprint density at radius 3 is 1.92 bits per heavy atom. The number of fused-ring (bicyclic) bond motifs is 4. The molecule has 26 nitrogen and oxygen atoms in total. The molecule has 4 aliphatic carbocycles. The highest BCUT2D eigenvalue weighted by atomic mass is 16.8. The van der Waals surface area contributed by atoms with Crippen LogP contribution in [0.25, 0.3) is 0 Å². The number of esters is 1. The van der Waals surface area contributed by atoms with E-state index < -0.39 is 209 Å². The Morgan fingerprint density at radius 1 is 0.688 bits per heavy atom. The molecule has 31 atom stereocenters. The molecule has 26 heteroatoms. The van der Waals surface area contributed by atoms with Crippen LogP contribution >= 0.6 is 0 Å². The number of alkyl carbamates (subject to hydrolysis) is 1. The third-order valence-corrected chi connectivity index (χ3v) is 22.3. The Morgan fingerprint density at radius 2 is 1.28 bits per heavy atom. The summed E-state index contributed by atoms with van der Waals surface area (Å²) in [6.45, 7) is 21.2. The summed E-state index contributed by atoms with van der Waals surface area (Å²) in [6, 6.07) is -1.09. The summed E-state index contributed by atoms with van der Waals surface area (Å²) in [5.74, 6) is -5.33. The van der Waals surface area contributed by atoms with Crippen LogP contribution in [0.1, 0.15) is 134 Å². The van der Waals surface area contributed by atoms with Crippen LogP contribution in [-0.4, -0.2) is 214 Å². The zero-order valence-electron chi connectivity index (χ0n) is 55.9. The number of nitro groups is 1. The van der Waals surface area contributed by atoms with Crippen molar-refractivity contribution in [3.05, 3.63) is 68.5 Å². The molecular formula is C67H100N2O24. The molecule has 0 unspecified atom stereocenters. The number of hydrogen-bond donors (Lipinski definition) is 7. The van der Waals surface area contributed by atoms with Crippen molar-refractivity contribution in [2.45, 2.75) is 275 Å². The number of aliphatic hydroxyl groups excluding tert-OH is 6. The first kappa shape index (κ1) is 71.4. The lowest BCUT2D eigenvalue weighted by Gasteiger charge is -2.56. The minimum atomic E-state index is -1.84. The minimum absolute atomic E-state index is 0.00999. The molecule has 7 fully saturated rings. The first-order chi connectivity index (χ1) is 43.9. The van der Waals surface area contributed by atoms with Crippen LogP contribution < -0.4 is 5.32 Å². The fraction of sp³-hybridized carbons (Fsp3) is 0.806. The third-order valence-electron chi connectivity index (χ3n) is 22.3. The number of hydrogen-bond acceptors (Lipinski definition) is 24. The molecule has 1 amide bonds. The Balaban J connectivity index is 0.943. The second-order valence-electron chi connectivity index (χ2n) is 28.6. The normalized spacial score (nSPS) is 48.0. The molecule has 6 aliphatic heterocycles. The Labute approximate surface area is 543 Å². The predicted octanol–water partition coefficient (Wildman–Crippen LogP) is 5.45. The van der Waals surface area contributed by atoms with Gasteiger partial charge in [0.1, 0.15) is 41.8 Å². The molecule has 1 spiro atoms. The Kier molecular flexibility index (Phi) is 21.7. The number of carbonyl (C=O) groups is 3. The molecule has 10 rings (SSSR count). The van der Waals surface area contributed by atoms with Crippen LogP contribution in [0.2, 0.25) is 0 Å². The van der Waals surface area contributed by atoms with Gasteiger partial charge < -0.3 is 97.5 Å². The van der Waals surface area contributed by atoms with E-state index in [4.69, 9.17) is 61.6 Å². The van der Waals surface area contributed by atoms with Crippen molar-refractivity contribution < 1.29 is 112 Å². The maximum absolute atomic E-state index is 15.7. The molecule has 1 saturated carbocycles. The zero-order chi connectivity index (χ0) is 67.7. The first-order valence-corrected chi connectivity index (χ1v) is 33.2. The molecule has 10 aliphatic rings. The summed E-state index contributed by atoms with van der Waals surface area (Å²) in [4.78, 5) is 55.4. The number of allylic oxidation sites excluding steroid dienone is 3. The van der Waals surface area contributed by atoms with Gasteiger partial charge in [0.05, 0.1) is 87.3 Å². The molecule has 0 aromatic rings. The molecule has 0 aromatic carbocycles. The minimum Gasteiger partial charge on any atom is -0.511 e. The van der Waals surface area contributed by atoms with Crippen molar-refractivity contribution in [3.63, 3.8) is 0 Å². The van der Waals surface area contributed by atoms with Gasteiger partial charge in [-0.25, -0.2) is 9.59 Å². The van der Waals surface area contributed by atoms with Crippen molar-refractivity contribution in [2.75, 3.05) is 20.8 Å². The molecule has 0 aromatic heterocycles. The van der Waals surface area contributed by atoms with Gasteiger partial charge in [0.15, 0.2) is 37.1 Å². The highest BCUT2D eigenvalue weighted by Crippen LogP contribution is 2.61. The van der Waals surface area contributed by atoms with Crippen LogP contribution in [0, 0.1) is 57.0 Å². The van der Waals surface area contributed by atoms with Crippen LogP contribution in [0.3, 0.4) is 0 Å². The van der Waals surface area contributed by atoms with Crippen molar-refractivity contribution in [1.82, 2.24) is 5.32 Å². The smallest absolute Gasteiger partial charge is 0.407 e. The van der Waals surface area contributed by atoms with E-state index in [-0.39, 0.29) is 63.4 Å². The lowest BCUT2D eigenvalue weighted by molar-refractivity contribution is -0.584. The molecule has 6 saturated heterocycles. The van der Waals surface area contributed by atoms with E-state index >= 15 is 4.79 Å². The van der Waals surface area contributed by atoms with Gasteiger partial charge in [-0.2, -0.15) is 0 Å². The molecule has 2 bridgehead atoms. The lowest BCUT2D eigenvalue weighted by Crippen LogP contribution is -2.65. The van der Waals surface area contributed by atoms with Crippen molar-refractivity contribution in [1.29, 1.82) is 0 Å². The SMILES string of the molecule is COC(=O)N[C@H]1[C@@H](C)O[C@@H](O[C@H]2CC=C(C)[C@@H]3C=C[C@@H]4[C@@H](O[C@H]5C[C@@H](O[C@H]6C[C@@H](O[C@H]7C[C@@H](O)[C@@H](O)[C@H](C)O7)[C@@H](O[C@@H]7C[C@@H](O)[C@@H](OC)[C@H](C)O7)[C@H](C)O6)[C@@H](O)[C@H](C)O5)[C@@H](C)C[C@H](C)[C@H]4[C@]3(C)C(O)=C3C(=O)O[C@]4(C[C@@H](C)C(CO)=C[C@H]4C=C2C)C3=O)C[C@]1(C)[N+](=O)[O-].